The lowest BCUT2D eigenvalue weighted by Gasteiger charge is -2.13. The van der Waals surface area contributed by atoms with Gasteiger partial charge in [-0.1, -0.05) is 0 Å². The number of aromatic nitrogens is 1. The van der Waals surface area contributed by atoms with Gasteiger partial charge in [0.2, 0.25) is 0 Å². The number of hydrogen-bond donors (Lipinski definition) is 1. The monoisotopic (exact) mass is 196 g/mol. The summed E-state index contributed by atoms with van der Waals surface area (Å²) < 4.78 is 0. The summed E-state index contributed by atoms with van der Waals surface area (Å²) in [5, 5.41) is 0. The fourth-order valence-corrected chi connectivity index (χ4v) is 2.36. The van der Waals surface area contributed by atoms with Crippen LogP contribution in [-0.2, 0) is 0 Å². The normalized spacial score (nSPS) is 16.5. The Bertz CT molecular complexity index is 315. The quantitative estimate of drug-likeness (QED) is 0.738. The molecule has 1 aromatic heterocycles. The predicted molar refractivity (Wildman–Crippen MR) is 53.9 cm³/mol. The fraction of sp³-hybridized carbons (Fsp3) is 0.444. The second kappa shape index (κ2) is 3.46. The molecule has 0 aliphatic carbocycles. The van der Waals surface area contributed by atoms with E-state index in [0.717, 1.165) is 29.3 Å². The number of carbonyl (C=O) groups is 1. The highest BCUT2D eigenvalue weighted by atomic mass is 32.2. The van der Waals surface area contributed by atoms with Crippen LogP contribution in [0.3, 0.4) is 0 Å². The molecule has 0 radical (unpaired) electrons. The third-order valence-electron chi connectivity index (χ3n) is 2.22. The minimum absolute atomic E-state index is 0.156. The van der Waals surface area contributed by atoms with E-state index >= 15 is 0 Å². The highest BCUT2D eigenvalue weighted by molar-refractivity contribution is 7.99. The second-order valence-electron chi connectivity index (χ2n) is 3.16. The lowest BCUT2D eigenvalue weighted by molar-refractivity contribution is 0.0802. The largest absolute Gasteiger partial charge is 0.367 e. The fourth-order valence-electron chi connectivity index (χ4n) is 1.42. The van der Waals surface area contributed by atoms with Crippen molar-refractivity contribution in [3.8, 4) is 0 Å². The van der Waals surface area contributed by atoms with E-state index < -0.39 is 0 Å². The number of rotatable bonds is 1. The van der Waals surface area contributed by atoms with Crippen LogP contribution in [0.15, 0.2) is 12.4 Å². The van der Waals surface area contributed by atoms with Gasteiger partial charge in [-0.3, -0.25) is 4.79 Å². The third-order valence-corrected chi connectivity index (χ3v) is 3.19. The van der Waals surface area contributed by atoms with Crippen LogP contribution in [0, 0.1) is 6.92 Å². The van der Waals surface area contributed by atoms with Crippen LogP contribution in [0.5, 0.6) is 0 Å². The molecule has 1 N–H and O–H groups in total. The lowest BCUT2D eigenvalue weighted by atomic mass is 10.2. The molecule has 1 aromatic rings. The smallest absolute Gasteiger partial charge is 0.256 e. The van der Waals surface area contributed by atoms with Gasteiger partial charge in [-0.05, 0) is 12.5 Å². The molecule has 13 heavy (non-hydrogen) atoms. The minimum Gasteiger partial charge on any atom is -0.367 e. The Morgan fingerprint density at radius 3 is 3.00 bits per heavy atom. The summed E-state index contributed by atoms with van der Waals surface area (Å²) in [5.41, 5.74) is 1.84. The summed E-state index contributed by atoms with van der Waals surface area (Å²) in [6.45, 7) is 2.83. The second-order valence-corrected chi connectivity index (χ2v) is 4.23. The molecule has 1 saturated heterocycles. The van der Waals surface area contributed by atoms with Gasteiger partial charge in [0, 0.05) is 24.7 Å². The van der Waals surface area contributed by atoms with Gasteiger partial charge < -0.3 is 9.88 Å². The van der Waals surface area contributed by atoms with Crippen molar-refractivity contribution >= 4 is 17.7 Å². The molecule has 1 amide bonds. The first-order valence-electron chi connectivity index (χ1n) is 4.29. The summed E-state index contributed by atoms with van der Waals surface area (Å²) in [5.74, 6) is 2.06. The van der Waals surface area contributed by atoms with Crippen molar-refractivity contribution in [2.45, 2.75) is 6.92 Å². The van der Waals surface area contributed by atoms with Gasteiger partial charge in [-0.25, -0.2) is 0 Å². The van der Waals surface area contributed by atoms with Crippen LogP contribution >= 0.6 is 11.8 Å². The zero-order valence-electron chi connectivity index (χ0n) is 7.54. The zero-order valence-corrected chi connectivity index (χ0v) is 8.36. The molecule has 0 aromatic carbocycles. The van der Waals surface area contributed by atoms with Gasteiger partial charge in [-0.15, -0.1) is 11.8 Å². The lowest BCUT2D eigenvalue weighted by Crippen LogP contribution is -2.27. The van der Waals surface area contributed by atoms with Crippen molar-refractivity contribution in [3.63, 3.8) is 0 Å². The number of aryl methyl sites for hydroxylation is 1. The van der Waals surface area contributed by atoms with Crippen molar-refractivity contribution in [2.24, 2.45) is 0 Å². The number of hydrogen-bond acceptors (Lipinski definition) is 2. The van der Waals surface area contributed by atoms with Gasteiger partial charge in [0.25, 0.3) is 5.91 Å². The molecule has 0 atom stereocenters. The summed E-state index contributed by atoms with van der Waals surface area (Å²) in [6.07, 6.45) is 3.64. The molecule has 0 saturated carbocycles. The summed E-state index contributed by atoms with van der Waals surface area (Å²) in [6, 6.07) is 0. The number of carbonyl (C=O) groups excluding carboxylic acids is 1. The number of thioether (sulfide) groups is 1. The Balaban J connectivity index is 2.17. The molecule has 4 heteroatoms. The van der Waals surface area contributed by atoms with E-state index in [1.54, 1.807) is 6.20 Å². The van der Waals surface area contributed by atoms with E-state index in [9.17, 15) is 4.79 Å². The summed E-state index contributed by atoms with van der Waals surface area (Å²) >= 11 is 1.81. The third kappa shape index (κ3) is 1.58. The molecule has 1 aliphatic rings. The summed E-state index contributed by atoms with van der Waals surface area (Å²) in [7, 11) is 0. The molecule has 3 nitrogen and oxygen atoms in total. The number of amides is 1. The highest BCUT2D eigenvalue weighted by Crippen LogP contribution is 2.17. The Morgan fingerprint density at radius 1 is 1.62 bits per heavy atom. The van der Waals surface area contributed by atoms with Crippen molar-refractivity contribution in [3.05, 3.63) is 23.5 Å². The predicted octanol–water partition coefficient (Wildman–Crippen LogP) is 1.47. The number of nitrogens with zero attached hydrogens (tertiary/aromatic N) is 1. The standard InChI is InChI=1S/C9H12N2OS/c1-7-4-10-5-8(7)9(12)11-2-3-13-6-11/h4-5,10H,2-3,6H2,1H3. The van der Waals surface area contributed by atoms with E-state index in [4.69, 9.17) is 0 Å². The van der Waals surface area contributed by atoms with Crippen molar-refractivity contribution in [2.75, 3.05) is 18.2 Å². The number of nitrogens with one attached hydrogen (secondary N) is 1. The Hall–Kier alpha value is -0.900. The molecular weight excluding hydrogens is 184 g/mol. The van der Waals surface area contributed by atoms with Crippen LogP contribution in [0.4, 0.5) is 0 Å². The SMILES string of the molecule is Cc1c[nH]cc1C(=O)N1CCSC1. The first kappa shape index (κ1) is 8.69. The van der Waals surface area contributed by atoms with Gasteiger partial charge in [0.05, 0.1) is 11.4 Å². The van der Waals surface area contributed by atoms with Crippen LogP contribution in [-0.4, -0.2) is 34.0 Å². The van der Waals surface area contributed by atoms with E-state index in [-0.39, 0.29) is 5.91 Å². The molecule has 1 fully saturated rings. The molecule has 2 rings (SSSR count). The number of H-pyrrole nitrogens is 1. The van der Waals surface area contributed by atoms with Crippen LogP contribution < -0.4 is 0 Å². The molecule has 1 aliphatic heterocycles. The topological polar surface area (TPSA) is 36.1 Å². The zero-order chi connectivity index (χ0) is 9.26. The molecule has 0 bridgehead atoms. The molecular formula is C9H12N2OS. The first-order chi connectivity index (χ1) is 6.29. The molecule has 70 valence electrons. The molecule has 2 heterocycles. The number of aromatic amines is 1. The first-order valence-corrected chi connectivity index (χ1v) is 5.45. The van der Waals surface area contributed by atoms with Gasteiger partial charge in [-0.2, -0.15) is 0 Å². The maximum atomic E-state index is 11.8. The van der Waals surface area contributed by atoms with E-state index in [0.29, 0.717) is 0 Å². The van der Waals surface area contributed by atoms with Crippen LogP contribution in [0.1, 0.15) is 15.9 Å². The van der Waals surface area contributed by atoms with Crippen molar-refractivity contribution in [1.82, 2.24) is 9.88 Å². The van der Waals surface area contributed by atoms with Gasteiger partial charge in [0.1, 0.15) is 0 Å². The molecule has 0 unspecified atom stereocenters. The Kier molecular flexibility index (Phi) is 2.31. The minimum atomic E-state index is 0.156. The van der Waals surface area contributed by atoms with E-state index in [1.807, 2.05) is 29.8 Å². The summed E-state index contributed by atoms with van der Waals surface area (Å²) in [4.78, 5) is 16.7. The average molecular weight is 196 g/mol. The van der Waals surface area contributed by atoms with Gasteiger partial charge in [0.15, 0.2) is 0 Å². The van der Waals surface area contributed by atoms with Crippen LogP contribution in [0.2, 0.25) is 0 Å². The maximum absolute atomic E-state index is 11.8. The Labute approximate surface area is 81.5 Å². The van der Waals surface area contributed by atoms with E-state index in [1.165, 1.54) is 0 Å². The average Bonchev–Trinajstić information content (AvgIpc) is 2.72. The van der Waals surface area contributed by atoms with Gasteiger partial charge >= 0.3 is 0 Å². The highest BCUT2D eigenvalue weighted by Gasteiger charge is 2.21. The van der Waals surface area contributed by atoms with Crippen molar-refractivity contribution in [1.29, 1.82) is 0 Å². The maximum Gasteiger partial charge on any atom is 0.256 e. The van der Waals surface area contributed by atoms with E-state index in [2.05, 4.69) is 4.98 Å². The van der Waals surface area contributed by atoms with Crippen LogP contribution in [0.25, 0.3) is 0 Å². The Morgan fingerprint density at radius 2 is 2.46 bits per heavy atom. The van der Waals surface area contributed by atoms with Crippen molar-refractivity contribution < 1.29 is 4.79 Å². The molecule has 0 spiro atoms.